The lowest BCUT2D eigenvalue weighted by molar-refractivity contribution is -0.130. The van der Waals surface area contributed by atoms with Crippen molar-refractivity contribution < 1.29 is 14.4 Å². The molecule has 0 unspecified atom stereocenters. The molecule has 0 radical (unpaired) electrons. The third-order valence-corrected chi connectivity index (χ3v) is 5.09. The highest BCUT2D eigenvalue weighted by Gasteiger charge is 2.29. The fourth-order valence-corrected chi connectivity index (χ4v) is 3.44. The van der Waals surface area contributed by atoms with E-state index >= 15 is 0 Å². The Labute approximate surface area is 159 Å². The number of benzene rings is 1. The van der Waals surface area contributed by atoms with Crippen LogP contribution in [-0.4, -0.2) is 59.5 Å². The van der Waals surface area contributed by atoms with Crippen LogP contribution in [0.25, 0.3) is 0 Å². The molecule has 1 saturated heterocycles. The van der Waals surface area contributed by atoms with Gasteiger partial charge < -0.3 is 10.2 Å². The van der Waals surface area contributed by atoms with E-state index in [2.05, 4.69) is 10.4 Å². The van der Waals surface area contributed by atoms with Gasteiger partial charge >= 0.3 is 0 Å². The Morgan fingerprint density at radius 3 is 2.52 bits per heavy atom. The molecule has 0 aromatic heterocycles. The number of hydrogen-bond acceptors (Lipinski definition) is 4. The average Bonchev–Trinajstić information content (AvgIpc) is 2.69. The van der Waals surface area contributed by atoms with E-state index in [0.29, 0.717) is 38.1 Å². The second-order valence-electron chi connectivity index (χ2n) is 7.08. The van der Waals surface area contributed by atoms with Crippen LogP contribution < -0.4 is 5.32 Å². The number of aryl methyl sites for hydroxylation is 1. The maximum absolute atomic E-state index is 12.6. The summed E-state index contributed by atoms with van der Waals surface area (Å²) in [6.07, 6.45) is 3.42. The fraction of sp³-hybridized carbons (Fsp3) is 0.500. The largest absolute Gasteiger partial charge is 0.353 e. The quantitative estimate of drug-likeness (QED) is 0.849. The van der Waals surface area contributed by atoms with Crippen molar-refractivity contribution in [3.8, 4) is 0 Å². The number of nitrogens with zero attached hydrogens (tertiary/aromatic N) is 3. The molecule has 0 bridgehead atoms. The van der Waals surface area contributed by atoms with E-state index in [0.717, 1.165) is 24.8 Å². The summed E-state index contributed by atoms with van der Waals surface area (Å²) in [4.78, 5) is 38.0. The third kappa shape index (κ3) is 5.15. The number of rotatable bonds is 5. The predicted octanol–water partition coefficient (Wildman–Crippen LogP) is 1.33. The normalized spacial score (nSPS) is 18.3. The summed E-state index contributed by atoms with van der Waals surface area (Å²) >= 11 is 0. The molecular weight excluding hydrogens is 344 g/mol. The van der Waals surface area contributed by atoms with Gasteiger partial charge in [-0.2, -0.15) is 5.10 Å². The standard InChI is InChI=1S/C20H26N4O3/c1-23-19(26)10-8-17(22-23)20(27)24-13-11-16(12-14-24)21-18(25)9-7-15-5-3-2-4-6-15/h2-6,16H,7-14H2,1H3,(H,21,25). The maximum Gasteiger partial charge on any atom is 0.270 e. The number of piperidine rings is 1. The number of nitrogens with one attached hydrogen (secondary N) is 1. The lowest BCUT2D eigenvalue weighted by Crippen LogP contribution is -2.49. The molecule has 1 aromatic carbocycles. The lowest BCUT2D eigenvalue weighted by Gasteiger charge is -2.33. The summed E-state index contributed by atoms with van der Waals surface area (Å²) in [5.74, 6) is -0.105. The first-order valence-corrected chi connectivity index (χ1v) is 9.49. The highest BCUT2D eigenvalue weighted by molar-refractivity contribution is 6.39. The van der Waals surface area contributed by atoms with Crippen molar-refractivity contribution in [1.29, 1.82) is 0 Å². The molecule has 0 atom stereocenters. The summed E-state index contributed by atoms with van der Waals surface area (Å²) in [7, 11) is 1.58. The molecule has 0 saturated carbocycles. The van der Waals surface area contributed by atoms with E-state index < -0.39 is 0 Å². The minimum absolute atomic E-state index is 0.0559. The van der Waals surface area contributed by atoms with Gasteiger partial charge in [-0.25, -0.2) is 5.01 Å². The van der Waals surface area contributed by atoms with Gasteiger partial charge in [0.2, 0.25) is 11.8 Å². The van der Waals surface area contributed by atoms with Crippen LogP contribution in [0.5, 0.6) is 0 Å². The molecule has 2 aliphatic rings. The zero-order valence-electron chi connectivity index (χ0n) is 15.7. The molecule has 144 valence electrons. The highest BCUT2D eigenvalue weighted by atomic mass is 16.2. The van der Waals surface area contributed by atoms with E-state index in [-0.39, 0.29) is 23.8 Å². The molecule has 3 amide bonds. The first-order chi connectivity index (χ1) is 13.0. The third-order valence-electron chi connectivity index (χ3n) is 5.09. The van der Waals surface area contributed by atoms with Gasteiger partial charge in [0, 0.05) is 45.4 Å². The first kappa shape index (κ1) is 19.1. The number of carbonyl (C=O) groups is 3. The summed E-state index contributed by atoms with van der Waals surface area (Å²) in [5.41, 5.74) is 1.60. The van der Waals surface area contributed by atoms with Crippen molar-refractivity contribution in [1.82, 2.24) is 15.2 Å². The summed E-state index contributed by atoms with van der Waals surface area (Å²) < 4.78 is 0. The molecule has 1 N–H and O–H groups in total. The highest BCUT2D eigenvalue weighted by Crippen LogP contribution is 2.15. The summed E-state index contributed by atoms with van der Waals surface area (Å²) in [6.45, 7) is 1.19. The molecule has 1 fully saturated rings. The zero-order valence-corrected chi connectivity index (χ0v) is 15.7. The number of amides is 3. The summed E-state index contributed by atoms with van der Waals surface area (Å²) in [5, 5.41) is 8.43. The van der Waals surface area contributed by atoms with Gasteiger partial charge in [-0.3, -0.25) is 14.4 Å². The molecule has 2 aliphatic heterocycles. The van der Waals surface area contributed by atoms with E-state index in [1.165, 1.54) is 5.01 Å². The molecule has 0 spiro atoms. The minimum atomic E-state index is -0.0943. The van der Waals surface area contributed by atoms with Crippen molar-refractivity contribution in [2.45, 2.75) is 44.6 Å². The van der Waals surface area contributed by atoms with E-state index in [1.54, 1.807) is 11.9 Å². The van der Waals surface area contributed by atoms with Gasteiger partial charge in [-0.15, -0.1) is 0 Å². The molecule has 7 heteroatoms. The molecule has 0 aliphatic carbocycles. The van der Waals surface area contributed by atoms with Crippen molar-refractivity contribution in [2.75, 3.05) is 20.1 Å². The van der Waals surface area contributed by atoms with Crippen LogP contribution in [0.1, 0.15) is 37.7 Å². The second kappa shape index (κ2) is 8.79. The Morgan fingerprint density at radius 1 is 1.15 bits per heavy atom. The van der Waals surface area contributed by atoms with Gasteiger partial charge in [0.05, 0.1) is 0 Å². The van der Waals surface area contributed by atoms with Crippen molar-refractivity contribution >= 4 is 23.4 Å². The number of carbonyl (C=O) groups excluding carboxylic acids is 3. The SMILES string of the molecule is CN1N=C(C(=O)N2CCC(NC(=O)CCc3ccccc3)CC2)CCC1=O. The van der Waals surface area contributed by atoms with E-state index in [9.17, 15) is 14.4 Å². The average molecular weight is 370 g/mol. The molecule has 1 aromatic rings. The number of likely N-dealkylation sites (tertiary alicyclic amines) is 1. The fourth-order valence-electron chi connectivity index (χ4n) is 3.44. The van der Waals surface area contributed by atoms with Crippen LogP contribution in [0.2, 0.25) is 0 Å². The van der Waals surface area contributed by atoms with Crippen LogP contribution in [0, 0.1) is 0 Å². The first-order valence-electron chi connectivity index (χ1n) is 9.49. The smallest absolute Gasteiger partial charge is 0.270 e. The van der Waals surface area contributed by atoms with Gasteiger partial charge in [0.15, 0.2) is 0 Å². The molecular formula is C20H26N4O3. The maximum atomic E-state index is 12.6. The van der Waals surface area contributed by atoms with Crippen LogP contribution >= 0.6 is 0 Å². The van der Waals surface area contributed by atoms with E-state index in [1.807, 2.05) is 30.3 Å². The topological polar surface area (TPSA) is 82.1 Å². The van der Waals surface area contributed by atoms with Crippen molar-refractivity contribution in [3.05, 3.63) is 35.9 Å². The Balaban J connectivity index is 1.42. The number of hydrazone groups is 1. The van der Waals surface area contributed by atoms with Gasteiger partial charge in [-0.05, 0) is 24.8 Å². The van der Waals surface area contributed by atoms with Gasteiger partial charge in [0.25, 0.3) is 5.91 Å². The number of hydrogen-bond donors (Lipinski definition) is 1. The Kier molecular flexibility index (Phi) is 6.21. The lowest BCUT2D eigenvalue weighted by atomic mass is 10.0. The van der Waals surface area contributed by atoms with E-state index in [4.69, 9.17) is 0 Å². The van der Waals surface area contributed by atoms with Crippen molar-refractivity contribution in [2.24, 2.45) is 5.10 Å². The minimum Gasteiger partial charge on any atom is -0.353 e. The van der Waals surface area contributed by atoms with Gasteiger partial charge in [0.1, 0.15) is 5.71 Å². The molecule has 2 heterocycles. The van der Waals surface area contributed by atoms with Crippen molar-refractivity contribution in [3.63, 3.8) is 0 Å². The summed E-state index contributed by atoms with van der Waals surface area (Å²) in [6, 6.07) is 10.1. The molecule has 3 rings (SSSR count). The predicted molar refractivity (Wildman–Crippen MR) is 102 cm³/mol. The van der Waals surface area contributed by atoms with Gasteiger partial charge in [-0.1, -0.05) is 30.3 Å². The Hall–Kier alpha value is -2.70. The molecule has 27 heavy (non-hydrogen) atoms. The Bertz CT molecular complexity index is 724. The van der Waals surface area contributed by atoms with Crippen LogP contribution in [0.15, 0.2) is 35.4 Å². The van der Waals surface area contributed by atoms with Crippen LogP contribution in [0.3, 0.4) is 0 Å². The van der Waals surface area contributed by atoms with Crippen LogP contribution in [0.4, 0.5) is 0 Å². The second-order valence-corrected chi connectivity index (χ2v) is 7.08. The van der Waals surface area contributed by atoms with Crippen LogP contribution in [-0.2, 0) is 20.8 Å². The Morgan fingerprint density at radius 2 is 1.85 bits per heavy atom. The zero-order chi connectivity index (χ0) is 19.2. The molecule has 7 nitrogen and oxygen atoms in total. The monoisotopic (exact) mass is 370 g/mol.